The van der Waals surface area contributed by atoms with Crippen molar-refractivity contribution in [2.45, 2.75) is 20.0 Å². The van der Waals surface area contributed by atoms with Gasteiger partial charge in [-0.05, 0) is 13.0 Å². The Labute approximate surface area is 102 Å². The fraction of sp³-hybridized carbons (Fsp3) is 0.462. The van der Waals surface area contributed by atoms with Gasteiger partial charge in [0.1, 0.15) is 0 Å². The first-order chi connectivity index (χ1) is 8.36. The highest BCUT2D eigenvalue weighted by molar-refractivity contribution is 5.81. The summed E-state index contributed by atoms with van der Waals surface area (Å²) in [6, 6.07) is 8.35. The van der Waals surface area contributed by atoms with Gasteiger partial charge in [-0.25, -0.2) is 0 Å². The first-order valence-electron chi connectivity index (χ1n) is 6.01. The second-order valence-corrected chi connectivity index (χ2v) is 3.95. The molecule has 4 heteroatoms. The third-order valence-electron chi connectivity index (χ3n) is 2.81. The first kappa shape index (κ1) is 12.1. The Balaban J connectivity index is 2.16. The molecule has 0 bridgehead atoms. The summed E-state index contributed by atoms with van der Waals surface area (Å²) >= 11 is 0. The van der Waals surface area contributed by atoms with Crippen molar-refractivity contribution < 1.29 is 4.74 Å². The fourth-order valence-electron chi connectivity index (χ4n) is 1.95. The molecule has 1 N–H and O–H groups in total. The van der Waals surface area contributed by atoms with Gasteiger partial charge in [0, 0.05) is 32.1 Å². The van der Waals surface area contributed by atoms with Crippen LogP contribution in [-0.4, -0.2) is 30.0 Å². The van der Waals surface area contributed by atoms with Crippen molar-refractivity contribution in [1.29, 1.82) is 0 Å². The lowest BCUT2D eigenvalue weighted by Gasteiger charge is -2.01. The standard InChI is InChI=1S/C13H19N3O/c1-3-16-13-7-5-4-6-11(13)12(15-16)10-14-8-9-17-2/h4-7,14H,3,8-10H2,1-2H3. The number of benzene rings is 1. The molecule has 0 amide bonds. The SMILES string of the molecule is CCn1nc(CNCCOC)c2ccccc21. The molecule has 92 valence electrons. The van der Waals surface area contributed by atoms with Crippen LogP contribution in [0.3, 0.4) is 0 Å². The number of rotatable bonds is 6. The lowest BCUT2D eigenvalue weighted by atomic mass is 10.2. The predicted molar refractivity (Wildman–Crippen MR) is 69.0 cm³/mol. The van der Waals surface area contributed by atoms with E-state index in [0.29, 0.717) is 0 Å². The van der Waals surface area contributed by atoms with Gasteiger partial charge >= 0.3 is 0 Å². The zero-order valence-electron chi connectivity index (χ0n) is 10.4. The van der Waals surface area contributed by atoms with Crippen molar-refractivity contribution in [1.82, 2.24) is 15.1 Å². The lowest BCUT2D eigenvalue weighted by molar-refractivity contribution is 0.199. The molecule has 0 aliphatic carbocycles. The van der Waals surface area contributed by atoms with Crippen LogP contribution >= 0.6 is 0 Å². The molecule has 0 saturated heterocycles. The van der Waals surface area contributed by atoms with Gasteiger partial charge in [0.2, 0.25) is 0 Å². The number of methoxy groups -OCH3 is 1. The minimum atomic E-state index is 0.729. The molecule has 1 aromatic carbocycles. The number of aryl methyl sites for hydroxylation is 1. The summed E-state index contributed by atoms with van der Waals surface area (Å²) in [5, 5.41) is 9.19. The normalized spacial score (nSPS) is 11.2. The number of nitrogens with one attached hydrogen (secondary N) is 1. The van der Waals surface area contributed by atoms with E-state index in [1.165, 1.54) is 10.9 Å². The molecule has 17 heavy (non-hydrogen) atoms. The zero-order valence-corrected chi connectivity index (χ0v) is 10.4. The maximum Gasteiger partial charge on any atom is 0.0841 e. The van der Waals surface area contributed by atoms with E-state index in [4.69, 9.17) is 4.74 Å². The highest BCUT2D eigenvalue weighted by Crippen LogP contribution is 2.17. The van der Waals surface area contributed by atoms with Crippen LogP contribution in [0.1, 0.15) is 12.6 Å². The number of nitrogens with zero attached hydrogens (tertiary/aromatic N) is 2. The van der Waals surface area contributed by atoms with Gasteiger partial charge in [-0.2, -0.15) is 5.10 Å². The number of aromatic nitrogens is 2. The molecule has 0 aliphatic rings. The van der Waals surface area contributed by atoms with Gasteiger partial charge in [-0.15, -0.1) is 0 Å². The summed E-state index contributed by atoms with van der Waals surface area (Å²) < 4.78 is 7.05. The fourth-order valence-corrected chi connectivity index (χ4v) is 1.95. The molecule has 2 rings (SSSR count). The van der Waals surface area contributed by atoms with Gasteiger partial charge in [0.15, 0.2) is 0 Å². The Morgan fingerprint density at radius 3 is 2.94 bits per heavy atom. The van der Waals surface area contributed by atoms with Crippen LogP contribution in [0, 0.1) is 0 Å². The topological polar surface area (TPSA) is 39.1 Å². The Hall–Kier alpha value is -1.39. The van der Waals surface area contributed by atoms with Crippen molar-refractivity contribution in [3.63, 3.8) is 0 Å². The lowest BCUT2D eigenvalue weighted by Crippen LogP contribution is -2.19. The molecule has 2 aromatic rings. The van der Waals surface area contributed by atoms with Crippen molar-refractivity contribution in [2.75, 3.05) is 20.3 Å². The maximum atomic E-state index is 5.01. The van der Waals surface area contributed by atoms with Crippen LogP contribution in [0.5, 0.6) is 0 Å². The second kappa shape index (κ2) is 5.80. The Morgan fingerprint density at radius 2 is 2.18 bits per heavy atom. The Morgan fingerprint density at radius 1 is 1.35 bits per heavy atom. The van der Waals surface area contributed by atoms with Crippen molar-refractivity contribution in [3.05, 3.63) is 30.0 Å². The molecule has 0 unspecified atom stereocenters. The van der Waals surface area contributed by atoms with Gasteiger partial charge in [-0.3, -0.25) is 4.68 Å². The third kappa shape index (κ3) is 2.65. The van der Waals surface area contributed by atoms with E-state index in [1.54, 1.807) is 7.11 Å². The summed E-state index contributed by atoms with van der Waals surface area (Å²) in [7, 11) is 1.71. The minimum absolute atomic E-state index is 0.729. The van der Waals surface area contributed by atoms with E-state index in [1.807, 2.05) is 4.68 Å². The molecule has 0 radical (unpaired) electrons. The predicted octanol–water partition coefficient (Wildman–Crippen LogP) is 1.79. The van der Waals surface area contributed by atoms with E-state index in [2.05, 4.69) is 41.6 Å². The molecule has 0 aliphatic heterocycles. The van der Waals surface area contributed by atoms with E-state index in [0.717, 1.165) is 31.9 Å². The number of para-hydroxylation sites is 1. The Bertz CT molecular complexity index is 478. The van der Waals surface area contributed by atoms with E-state index in [-0.39, 0.29) is 0 Å². The zero-order chi connectivity index (χ0) is 12.1. The van der Waals surface area contributed by atoms with E-state index in [9.17, 15) is 0 Å². The van der Waals surface area contributed by atoms with Gasteiger partial charge < -0.3 is 10.1 Å². The summed E-state index contributed by atoms with van der Waals surface area (Å²) in [5.74, 6) is 0. The summed E-state index contributed by atoms with van der Waals surface area (Å²) in [5.41, 5.74) is 2.32. The highest BCUT2D eigenvalue weighted by Gasteiger charge is 2.07. The molecule has 1 aromatic heterocycles. The molecule has 4 nitrogen and oxygen atoms in total. The largest absolute Gasteiger partial charge is 0.383 e. The van der Waals surface area contributed by atoms with Crippen LogP contribution in [0.25, 0.3) is 10.9 Å². The van der Waals surface area contributed by atoms with E-state index < -0.39 is 0 Å². The van der Waals surface area contributed by atoms with Crippen molar-refractivity contribution in [2.24, 2.45) is 0 Å². The van der Waals surface area contributed by atoms with Gasteiger partial charge in [0.25, 0.3) is 0 Å². The minimum Gasteiger partial charge on any atom is -0.383 e. The summed E-state index contributed by atoms with van der Waals surface area (Å²) in [6.45, 7) is 5.38. The second-order valence-electron chi connectivity index (χ2n) is 3.95. The van der Waals surface area contributed by atoms with Crippen LogP contribution in [-0.2, 0) is 17.8 Å². The van der Waals surface area contributed by atoms with Crippen molar-refractivity contribution in [3.8, 4) is 0 Å². The molecular weight excluding hydrogens is 214 g/mol. The number of hydrogen-bond acceptors (Lipinski definition) is 3. The molecule has 0 atom stereocenters. The number of fused-ring (bicyclic) bond motifs is 1. The van der Waals surface area contributed by atoms with Gasteiger partial charge in [-0.1, -0.05) is 18.2 Å². The maximum absolute atomic E-state index is 5.01. The van der Waals surface area contributed by atoms with Crippen molar-refractivity contribution >= 4 is 10.9 Å². The first-order valence-corrected chi connectivity index (χ1v) is 6.01. The number of ether oxygens (including phenoxy) is 1. The Kier molecular flexibility index (Phi) is 4.12. The number of hydrogen-bond donors (Lipinski definition) is 1. The quantitative estimate of drug-likeness (QED) is 0.773. The van der Waals surface area contributed by atoms with Crippen LogP contribution < -0.4 is 5.32 Å². The third-order valence-corrected chi connectivity index (χ3v) is 2.81. The van der Waals surface area contributed by atoms with Gasteiger partial charge in [0.05, 0.1) is 17.8 Å². The average Bonchev–Trinajstić information content (AvgIpc) is 2.73. The van der Waals surface area contributed by atoms with E-state index >= 15 is 0 Å². The monoisotopic (exact) mass is 233 g/mol. The van der Waals surface area contributed by atoms with Crippen LogP contribution in [0.4, 0.5) is 0 Å². The smallest absolute Gasteiger partial charge is 0.0841 e. The van der Waals surface area contributed by atoms with Crippen LogP contribution in [0.15, 0.2) is 24.3 Å². The molecule has 0 fully saturated rings. The molecule has 0 spiro atoms. The molecule has 1 heterocycles. The summed E-state index contributed by atoms with van der Waals surface area (Å²) in [6.07, 6.45) is 0. The summed E-state index contributed by atoms with van der Waals surface area (Å²) in [4.78, 5) is 0. The average molecular weight is 233 g/mol. The molecular formula is C13H19N3O. The van der Waals surface area contributed by atoms with Crippen LogP contribution in [0.2, 0.25) is 0 Å². The highest BCUT2D eigenvalue weighted by atomic mass is 16.5. The molecule has 0 saturated carbocycles.